The van der Waals surface area contributed by atoms with Crippen molar-refractivity contribution in [2.24, 2.45) is 0 Å². The fourth-order valence-electron chi connectivity index (χ4n) is 13.2. The number of amides is 5. The monoisotopic (exact) mass is 3080 g/mol. The van der Waals surface area contributed by atoms with E-state index in [9.17, 15) is 58.5 Å². The Hall–Kier alpha value is -6.29. The zero-order chi connectivity index (χ0) is 98.5. The Morgan fingerprint density at radius 2 is 0.778 bits per heavy atom. The molecule has 8 N–H and O–H groups in total. The van der Waals surface area contributed by atoms with Crippen LogP contribution in [0.4, 0.5) is 11.4 Å². The van der Waals surface area contributed by atoms with Crippen LogP contribution in [-0.2, 0) is 72.2 Å². The highest BCUT2D eigenvalue weighted by molar-refractivity contribution is 14.1. The minimum absolute atomic E-state index is 0.0531. The quantitative estimate of drug-likeness (QED) is 0.0160. The Morgan fingerprint density at radius 3 is 1.19 bits per heavy atom. The minimum atomic E-state index is -2.58. The number of nitrogens with zero attached hydrogens (tertiary/aromatic N) is 2. The molecule has 0 aliphatic carbocycles. The molecule has 22 nitrogen and oxygen atoms in total. The van der Waals surface area contributed by atoms with Gasteiger partial charge in [-0.25, -0.2) is 4.21 Å². The van der Waals surface area contributed by atoms with E-state index in [-0.39, 0.29) is 70.1 Å². The molecule has 1 unspecified atom stereocenters. The summed E-state index contributed by atoms with van der Waals surface area (Å²) in [5, 5.41) is 54.1. The van der Waals surface area contributed by atoms with E-state index in [0.29, 0.717) is 72.3 Å². The molecule has 13 rings (SSSR count). The number of aryl methyl sites for hydroxylation is 5. The molecular weight excluding hydrogens is 2980 g/mol. The summed E-state index contributed by atoms with van der Waals surface area (Å²) in [5.74, 6) is 10.7. The molecular formula is C101H96I11N5O17S. The number of carbonyl (C=O) groups excluding carboxylic acids is 6. The molecule has 0 spiro atoms. The van der Waals surface area contributed by atoms with E-state index in [1.807, 2.05) is 116 Å². The summed E-state index contributed by atoms with van der Waals surface area (Å²) in [6.45, 7) is 14.9. The van der Waals surface area contributed by atoms with Gasteiger partial charge in [-0.1, -0.05) is 49.4 Å². The zero-order valence-electron chi connectivity index (χ0n) is 74.1. The molecule has 0 bridgehead atoms. The van der Waals surface area contributed by atoms with E-state index >= 15 is 0 Å². The first-order chi connectivity index (χ1) is 64.1. The van der Waals surface area contributed by atoms with Gasteiger partial charge >= 0.3 is 0 Å². The van der Waals surface area contributed by atoms with Crippen molar-refractivity contribution < 1.29 is 82.2 Å². The van der Waals surface area contributed by atoms with E-state index in [1.54, 1.807) is 116 Å². The molecule has 1 aliphatic heterocycles. The normalized spacial score (nSPS) is 11.8. The van der Waals surface area contributed by atoms with Gasteiger partial charge in [0.15, 0.2) is 23.0 Å². The molecule has 12 aromatic rings. The highest BCUT2D eigenvalue weighted by Gasteiger charge is 2.24. The average Bonchev–Trinajstić information content (AvgIpc) is 0.801. The van der Waals surface area contributed by atoms with Crippen molar-refractivity contribution in [1.82, 2.24) is 14.5 Å². The van der Waals surface area contributed by atoms with Crippen molar-refractivity contribution in [1.29, 1.82) is 0 Å². The van der Waals surface area contributed by atoms with Crippen LogP contribution < -0.4 is 39.0 Å². The largest absolute Gasteiger partial charge is 0.508 e. The number of piperidine rings is 1. The fourth-order valence-corrected chi connectivity index (χ4v) is 23.8. The minimum Gasteiger partial charge on any atom is -0.508 e. The summed E-state index contributed by atoms with van der Waals surface area (Å²) in [6, 6.07) is 63.3. The molecule has 1 fully saturated rings. The Labute approximate surface area is 937 Å². The number of halogens is 11. The molecule has 1 atom stereocenters. The lowest BCUT2D eigenvalue weighted by Crippen LogP contribution is -2.36. The van der Waals surface area contributed by atoms with Gasteiger partial charge < -0.3 is 74.4 Å². The van der Waals surface area contributed by atoms with Crippen molar-refractivity contribution in [3.8, 4) is 86.2 Å². The maximum atomic E-state index is 12.6. The molecule has 1 aliphatic rings. The number of phenolic OH excluding ortho intramolecular Hbond substituents is 5. The predicted molar refractivity (Wildman–Crippen MR) is 627 cm³/mol. The van der Waals surface area contributed by atoms with E-state index < -0.39 is 15.6 Å². The number of likely N-dealkylation sites (N-methyl/N-ethyl adjacent to an activating group) is 1. The van der Waals surface area contributed by atoms with Crippen LogP contribution in [0.2, 0.25) is 0 Å². The van der Waals surface area contributed by atoms with Gasteiger partial charge in [-0.15, -0.1) is 0 Å². The third-order valence-corrected chi connectivity index (χ3v) is 29.6. The number of ether oxygens (including phenoxy) is 5. The van der Waals surface area contributed by atoms with Crippen molar-refractivity contribution in [3.63, 3.8) is 0 Å². The molecule has 1 saturated heterocycles. The summed E-state index contributed by atoms with van der Waals surface area (Å²) >= 11 is 23.9. The van der Waals surface area contributed by atoms with Crippen molar-refractivity contribution in [3.05, 3.63) is 302 Å². The van der Waals surface area contributed by atoms with E-state index in [2.05, 4.69) is 289 Å². The number of para-hydroxylation sites is 1. The highest BCUT2D eigenvalue weighted by Crippen LogP contribution is 2.42. The number of anilines is 2. The van der Waals surface area contributed by atoms with E-state index in [0.717, 1.165) is 159 Å². The Balaban J connectivity index is 0.000000191. The first-order valence-electron chi connectivity index (χ1n) is 42.0. The SMILES string of the molecule is C=S(C)(=O)NC(=O)CCc1cc(I)c(Oc2ccc(O)c(C(=O)Nc3ccccc3)c2)c(I)c1.CC(=O)CCc1cc(C)c(Oc2ccc(O)cc2)c(C)c1.CCN(CC)C(=O)Cc1cc(I)c(Oc2ccc(O)c(I)c2)c(I)c1.CCc1ccc(NC(=O)Cc2cc(I)c(Oc3ccc(O)c(I)c3)c(I)c2)cc1.O=C(Cc1cc(I)c(Oc2ccc(O)c(I)c2)c(I)c1)N1CCCCC1. The molecule has 1 heterocycles. The van der Waals surface area contributed by atoms with Crippen LogP contribution in [0.5, 0.6) is 86.2 Å². The number of aromatic hydroxyl groups is 5. The number of rotatable bonds is 29. The van der Waals surface area contributed by atoms with Gasteiger partial charge in [0.05, 0.1) is 64.1 Å². The number of carbonyl (C=O) groups is 6. The Morgan fingerprint density at radius 1 is 0.400 bits per heavy atom. The van der Waals surface area contributed by atoms with E-state index in [1.165, 1.54) is 30.4 Å². The number of hydrogen-bond acceptors (Lipinski definition) is 17. The van der Waals surface area contributed by atoms with Gasteiger partial charge in [0, 0.05) is 66.4 Å². The van der Waals surface area contributed by atoms with Gasteiger partial charge in [0.25, 0.3) is 5.91 Å². The maximum absolute atomic E-state index is 12.6. The molecule has 34 heteroatoms. The number of likely N-dealkylation sites (tertiary alicyclic amines) is 1. The summed E-state index contributed by atoms with van der Waals surface area (Å²) in [4.78, 5) is 76.7. The smallest absolute Gasteiger partial charge is 0.259 e. The molecule has 710 valence electrons. The predicted octanol–water partition coefficient (Wildman–Crippen LogP) is 27.0. The van der Waals surface area contributed by atoms with Crippen molar-refractivity contribution in [2.75, 3.05) is 43.1 Å². The number of benzene rings is 12. The fraction of sp³-hybridized carbons (Fsp3) is 0.218. The average molecular weight is 3080 g/mol. The number of nitrogens with one attached hydrogen (secondary N) is 3. The molecule has 135 heavy (non-hydrogen) atoms. The molecule has 0 saturated carbocycles. The van der Waals surface area contributed by atoms with Crippen LogP contribution in [0.25, 0.3) is 0 Å². The molecule has 12 aromatic carbocycles. The molecule has 0 radical (unpaired) electrons. The Bertz CT molecular complexity index is 6240. The topological polar surface area (TPSA) is 309 Å². The second-order valence-electron chi connectivity index (χ2n) is 30.8. The lowest BCUT2D eigenvalue weighted by atomic mass is 10.0. The molecule has 5 amide bonds. The standard InChI is InChI=1S/C24H22I2N2O5S.C22H18I3NO3.C19H18I3NO3.C18H18I3NO3.C18H20O3/c1-34(2,32)28-22(30)11-8-15-12-19(25)23(20(26)13-15)33-17-9-10-21(29)18(14-17)24(31)27-16-6-4-3-5-7-16;1-2-13-3-5-15(6-4-13)26-21(28)11-14-9-18(24)22(19(25)10-14)29-16-7-8-20(27)17(23)12-16;20-14-11-13(4-5-17(14)24)26-19-15(21)8-12(9-16(19)22)10-18(25)23-6-2-1-3-7-23;1-3-22(4-2)17(24)9-11-7-14(20)18(15(21)8-11)25-12-5-6-16(23)13(19)10-12;1-12-10-15(5-4-14(3)19)11-13(2)18(12)21-17-8-6-16(20)7-9-17/h3-7,9-10,12-14,29H,1,8,11H2,2H3,(H,27,31)(H,28,30,32);3-10,12,27H,2,11H2,1H3,(H,26,28);4-5,8-9,11,24H,1-3,6-7,10H2;5-8,10,23H,3-4,9H2,1-2H3;6-11,20H,4-5H2,1-3H3. The van der Waals surface area contributed by atoms with Crippen LogP contribution in [0, 0.1) is 53.1 Å². The third kappa shape index (κ3) is 36.6. The van der Waals surface area contributed by atoms with Gasteiger partial charge in [-0.2, -0.15) is 0 Å². The van der Waals surface area contributed by atoms with Crippen LogP contribution in [0.15, 0.2) is 212 Å². The van der Waals surface area contributed by atoms with E-state index in [4.69, 9.17) is 23.7 Å². The van der Waals surface area contributed by atoms with Gasteiger partial charge in [-0.05, 0) is 542 Å². The second kappa shape index (κ2) is 55.2. The summed E-state index contributed by atoms with van der Waals surface area (Å²) in [6.07, 6.45) is 8.90. The first kappa shape index (κ1) is 112. The van der Waals surface area contributed by atoms with Crippen LogP contribution >= 0.6 is 248 Å². The van der Waals surface area contributed by atoms with Crippen molar-refractivity contribution >= 4 is 311 Å². The summed E-state index contributed by atoms with van der Waals surface area (Å²) in [7, 11) is -2.58. The molecule has 0 aromatic heterocycles. The third-order valence-electron chi connectivity index (χ3n) is 20.0. The van der Waals surface area contributed by atoms with Gasteiger partial charge in [-0.3, -0.25) is 28.7 Å². The number of Topliss-reactive ketones (excluding diaryl/α,β-unsaturated/α-hetero) is 1. The summed E-state index contributed by atoms with van der Waals surface area (Å²) < 4.78 is 53.5. The van der Waals surface area contributed by atoms with Crippen LogP contribution in [0.3, 0.4) is 0 Å². The Kier molecular flexibility index (Phi) is 45.9. The number of hydrogen-bond donors (Lipinski definition) is 8. The van der Waals surface area contributed by atoms with Gasteiger partial charge in [0.2, 0.25) is 23.6 Å². The zero-order valence-corrected chi connectivity index (χ0v) is 98.7. The highest BCUT2D eigenvalue weighted by atomic mass is 127. The van der Waals surface area contributed by atoms with Crippen molar-refractivity contribution in [2.45, 2.75) is 112 Å². The first-order valence-corrected chi connectivity index (χ1v) is 56.0. The number of phenols is 5. The summed E-state index contributed by atoms with van der Waals surface area (Å²) in [5.41, 5.74) is 9.84. The second-order valence-corrected chi connectivity index (χ2v) is 45.8. The lowest BCUT2D eigenvalue weighted by Gasteiger charge is -2.26. The number of ketones is 1. The van der Waals surface area contributed by atoms with Gasteiger partial charge in [0.1, 0.15) is 69.0 Å². The van der Waals surface area contributed by atoms with Crippen LogP contribution in [-0.4, -0.2) is 113 Å². The maximum Gasteiger partial charge on any atom is 0.259 e. The lowest BCUT2D eigenvalue weighted by molar-refractivity contribution is -0.131. The van der Waals surface area contributed by atoms with Crippen LogP contribution in [0.1, 0.15) is 115 Å².